The lowest BCUT2D eigenvalue weighted by Crippen LogP contribution is -2.56. The predicted molar refractivity (Wildman–Crippen MR) is 85.7 cm³/mol. The fourth-order valence-corrected chi connectivity index (χ4v) is 2.98. The number of aliphatic hydroxyl groups is 1. The Bertz CT molecular complexity index is 819. The lowest BCUT2D eigenvalue weighted by atomic mass is 9.92. The largest absolute Gasteiger partial charge is 0.378 e. The zero-order valence-electron chi connectivity index (χ0n) is 13.5. The Morgan fingerprint density at radius 2 is 2.17 bits per heavy atom. The number of fused-ring (bicyclic) bond motifs is 1. The average Bonchev–Trinajstić information content (AvgIpc) is 2.83. The molecular weight excluding hydrogens is 315 g/mol. The number of amides is 2. The van der Waals surface area contributed by atoms with E-state index < -0.39 is 17.3 Å². The number of rotatable bonds is 2. The zero-order valence-corrected chi connectivity index (χ0v) is 13.5. The van der Waals surface area contributed by atoms with Crippen LogP contribution in [0.2, 0.25) is 0 Å². The number of hydrogen-bond donors (Lipinski definition) is 2. The third kappa shape index (κ3) is 2.84. The maximum absolute atomic E-state index is 13.4. The fraction of sp³-hybridized carbons (Fsp3) is 0.438. The van der Waals surface area contributed by atoms with Gasteiger partial charge in [0.1, 0.15) is 5.82 Å². The summed E-state index contributed by atoms with van der Waals surface area (Å²) in [6.45, 7) is 1.88. The summed E-state index contributed by atoms with van der Waals surface area (Å²) >= 11 is 0. The molecule has 0 saturated carbocycles. The number of benzene rings is 1. The van der Waals surface area contributed by atoms with Gasteiger partial charge in [-0.05, 0) is 31.0 Å². The minimum Gasteiger partial charge on any atom is -0.378 e. The van der Waals surface area contributed by atoms with Crippen LogP contribution in [0.1, 0.15) is 19.8 Å². The van der Waals surface area contributed by atoms with Crippen LogP contribution in [0, 0.1) is 5.82 Å². The molecule has 3 rings (SSSR count). The van der Waals surface area contributed by atoms with Gasteiger partial charge in [0, 0.05) is 20.5 Å². The lowest BCUT2D eigenvalue weighted by molar-refractivity contribution is -0.146. The highest BCUT2D eigenvalue weighted by atomic mass is 19.1. The maximum Gasteiger partial charge on any atom is 0.260 e. The smallest absolute Gasteiger partial charge is 0.260 e. The van der Waals surface area contributed by atoms with Crippen LogP contribution in [0.15, 0.2) is 18.2 Å². The number of halogens is 1. The number of carbonyl (C=O) groups excluding carboxylic acids is 2. The van der Waals surface area contributed by atoms with Gasteiger partial charge in [-0.2, -0.15) is 0 Å². The van der Waals surface area contributed by atoms with Crippen molar-refractivity contribution >= 4 is 28.8 Å². The van der Waals surface area contributed by atoms with Crippen molar-refractivity contribution in [1.82, 2.24) is 14.5 Å². The summed E-state index contributed by atoms with van der Waals surface area (Å²) in [5.41, 5.74) is -0.589. The van der Waals surface area contributed by atoms with E-state index in [-0.39, 0.29) is 24.8 Å². The predicted octanol–water partition coefficient (Wildman–Crippen LogP) is 1.02. The number of imidazole rings is 1. The first kappa shape index (κ1) is 16.4. The summed E-state index contributed by atoms with van der Waals surface area (Å²) in [4.78, 5) is 29.7. The van der Waals surface area contributed by atoms with E-state index in [1.807, 2.05) is 0 Å². The molecule has 1 fully saturated rings. The van der Waals surface area contributed by atoms with Gasteiger partial charge >= 0.3 is 0 Å². The van der Waals surface area contributed by atoms with Gasteiger partial charge in [0.25, 0.3) is 5.91 Å². The topological polar surface area (TPSA) is 87.5 Å². The monoisotopic (exact) mass is 334 g/mol. The summed E-state index contributed by atoms with van der Waals surface area (Å²) < 4.78 is 14.9. The molecule has 1 aromatic heterocycles. The third-order valence-corrected chi connectivity index (χ3v) is 4.41. The quantitative estimate of drug-likeness (QED) is 0.858. The van der Waals surface area contributed by atoms with Gasteiger partial charge in [0.15, 0.2) is 5.60 Å². The van der Waals surface area contributed by atoms with Crippen molar-refractivity contribution in [2.75, 3.05) is 18.4 Å². The highest BCUT2D eigenvalue weighted by Crippen LogP contribution is 2.24. The van der Waals surface area contributed by atoms with Gasteiger partial charge in [0.05, 0.1) is 17.6 Å². The molecule has 24 heavy (non-hydrogen) atoms. The van der Waals surface area contributed by atoms with Crippen molar-refractivity contribution < 1.29 is 19.1 Å². The number of likely N-dealkylation sites (tertiary alicyclic amines) is 1. The molecule has 2 aromatic rings. The van der Waals surface area contributed by atoms with Crippen molar-refractivity contribution in [3.05, 3.63) is 24.0 Å². The van der Waals surface area contributed by atoms with Gasteiger partial charge in [-0.15, -0.1) is 0 Å². The molecule has 2 heterocycles. The summed E-state index contributed by atoms with van der Waals surface area (Å²) in [6.07, 6.45) is 0.804. The van der Waals surface area contributed by atoms with Gasteiger partial charge in [-0.25, -0.2) is 9.37 Å². The highest BCUT2D eigenvalue weighted by Gasteiger charge is 2.41. The molecule has 0 bridgehead atoms. The van der Waals surface area contributed by atoms with Crippen molar-refractivity contribution in [2.45, 2.75) is 25.4 Å². The van der Waals surface area contributed by atoms with Crippen LogP contribution in [0.5, 0.6) is 0 Å². The molecule has 1 aliphatic rings. The van der Waals surface area contributed by atoms with Crippen molar-refractivity contribution in [1.29, 1.82) is 0 Å². The first-order valence-corrected chi connectivity index (χ1v) is 7.71. The molecule has 1 atom stereocenters. The second-order valence-electron chi connectivity index (χ2n) is 6.16. The fourth-order valence-electron chi connectivity index (χ4n) is 2.98. The second kappa shape index (κ2) is 5.86. The van der Waals surface area contributed by atoms with E-state index in [1.165, 1.54) is 30.0 Å². The maximum atomic E-state index is 13.4. The van der Waals surface area contributed by atoms with Gasteiger partial charge < -0.3 is 14.6 Å². The normalized spacial score (nSPS) is 21.1. The van der Waals surface area contributed by atoms with E-state index >= 15 is 0 Å². The zero-order chi connectivity index (χ0) is 17.5. The Hall–Kier alpha value is -2.48. The Kier molecular flexibility index (Phi) is 4.00. The van der Waals surface area contributed by atoms with Gasteiger partial charge in [-0.1, -0.05) is 0 Å². The number of hydrogen-bond acceptors (Lipinski definition) is 4. The Balaban J connectivity index is 1.84. The van der Waals surface area contributed by atoms with E-state index in [9.17, 15) is 19.1 Å². The van der Waals surface area contributed by atoms with E-state index in [4.69, 9.17) is 0 Å². The van der Waals surface area contributed by atoms with Crippen LogP contribution in [-0.4, -0.2) is 50.1 Å². The number of piperidine rings is 1. The van der Waals surface area contributed by atoms with Crippen LogP contribution in [0.4, 0.5) is 10.3 Å². The summed E-state index contributed by atoms with van der Waals surface area (Å²) in [5, 5.41) is 13.2. The molecule has 2 amide bonds. The molecule has 1 saturated heterocycles. The third-order valence-electron chi connectivity index (χ3n) is 4.41. The van der Waals surface area contributed by atoms with Crippen LogP contribution in [0.3, 0.4) is 0 Å². The van der Waals surface area contributed by atoms with E-state index in [2.05, 4.69) is 10.3 Å². The molecular formula is C16H19FN4O3. The Morgan fingerprint density at radius 3 is 2.88 bits per heavy atom. The van der Waals surface area contributed by atoms with Crippen molar-refractivity contribution in [2.24, 2.45) is 7.05 Å². The standard InChI is InChI=1S/C16H19FN4O3/c1-10(22)21-7-3-6-16(24,9-21)14(23)19-15-18-12-5-4-11(17)8-13(12)20(15)2/h4-5,8,24H,3,6-7,9H2,1-2H3,(H,18,19,23). The van der Waals surface area contributed by atoms with E-state index in [0.29, 0.717) is 24.0 Å². The number of anilines is 1. The van der Waals surface area contributed by atoms with Crippen LogP contribution in [-0.2, 0) is 16.6 Å². The number of aryl methyl sites for hydroxylation is 1. The molecule has 0 radical (unpaired) electrons. The molecule has 2 N–H and O–H groups in total. The molecule has 1 aliphatic heterocycles. The Morgan fingerprint density at radius 1 is 1.42 bits per heavy atom. The molecule has 1 unspecified atom stereocenters. The number of nitrogens with zero attached hydrogens (tertiary/aromatic N) is 3. The summed E-state index contributed by atoms with van der Waals surface area (Å²) in [6, 6.07) is 4.14. The first-order chi connectivity index (χ1) is 11.3. The molecule has 1 aromatic carbocycles. The van der Waals surface area contributed by atoms with Crippen molar-refractivity contribution in [3.63, 3.8) is 0 Å². The first-order valence-electron chi connectivity index (χ1n) is 7.71. The van der Waals surface area contributed by atoms with Crippen molar-refractivity contribution in [3.8, 4) is 0 Å². The SMILES string of the molecule is CC(=O)N1CCCC(O)(C(=O)Nc2nc3ccc(F)cc3n2C)C1. The molecule has 7 nitrogen and oxygen atoms in total. The molecule has 0 aliphatic carbocycles. The van der Waals surface area contributed by atoms with Gasteiger partial charge in [0.2, 0.25) is 11.9 Å². The number of β-amino-alcohol motifs (C(OH)–C–C–N with tert-alkyl or cyclic N) is 1. The summed E-state index contributed by atoms with van der Waals surface area (Å²) in [7, 11) is 1.65. The van der Waals surface area contributed by atoms with Crippen LogP contribution >= 0.6 is 0 Å². The number of carbonyl (C=O) groups is 2. The number of aromatic nitrogens is 2. The van der Waals surface area contributed by atoms with E-state index in [0.717, 1.165) is 0 Å². The molecule has 0 spiro atoms. The summed E-state index contributed by atoms with van der Waals surface area (Å²) in [5.74, 6) is -0.980. The molecule has 8 heteroatoms. The van der Waals surface area contributed by atoms with Crippen LogP contribution in [0.25, 0.3) is 11.0 Å². The average molecular weight is 334 g/mol. The van der Waals surface area contributed by atoms with Gasteiger partial charge in [-0.3, -0.25) is 14.9 Å². The highest BCUT2D eigenvalue weighted by molar-refractivity contribution is 5.98. The molecule has 128 valence electrons. The minimum atomic E-state index is -1.66. The van der Waals surface area contributed by atoms with E-state index in [1.54, 1.807) is 11.6 Å². The second-order valence-corrected chi connectivity index (χ2v) is 6.16. The Labute approximate surface area is 138 Å². The number of nitrogens with one attached hydrogen (secondary N) is 1. The minimum absolute atomic E-state index is 0.0489. The lowest BCUT2D eigenvalue weighted by Gasteiger charge is -2.37. The van der Waals surface area contributed by atoms with Crippen LogP contribution < -0.4 is 5.32 Å².